The average Bonchev–Trinajstić information content (AvgIpc) is 2.73. The van der Waals surface area contributed by atoms with Gasteiger partial charge in [0.15, 0.2) is 0 Å². The number of nitrogens with zero attached hydrogens (tertiary/aromatic N) is 2. The quantitative estimate of drug-likeness (QED) is 0.666. The van der Waals surface area contributed by atoms with Crippen molar-refractivity contribution in [2.75, 3.05) is 11.4 Å². The van der Waals surface area contributed by atoms with Crippen molar-refractivity contribution in [2.24, 2.45) is 0 Å². The standard InChI is InChI=1S/C17H18N2O4/c1-4-5-8-19-14-7-6-11(2)9-13(14)17(15(19)20,12(3)10-18)23-16(21)22/h6-7,9H,3-5,8H2,1-2H3,(H,21,22). The van der Waals surface area contributed by atoms with Crippen LogP contribution in [0.2, 0.25) is 0 Å². The Morgan fingerprint density at radius 2 is 2.22 bits per heavy atom. The minimum atomic E-state index is -1.99. The predicted octanol–water partition coefficient (Wildman–Crippen LogP) is 3.11. The molecule has 0 radical (unpaired) electrons. The van der Waals surface area contributed by atoms with Gasteiger partial charge in [-0.05, 0) is 25.5 Å². The molecular weight excluding hydrogens is 296 g/mol. The molecule has 1 unspecified atom stereocenters. The number of nitriles is 1. The highest BCUT2D eigenvalue weighted by molar-refractivity contribution is 6.10. The molecule has 0 spiro atoms. The zero-order chi connectivity index (χ0) is 17.2. The van der Waals surface area contributed by atoms with Crippen molar-refractivity contribution in [3.63, 3.8) is 0 Å². The second kappa shape index (κ2) is 6.13. The summed E-state index contributed by atoms with van der Waals surface area (Å²) in [5, 5.41) is 18.4. The molecule has 0 saturated carbocycles. The molecule has 1 amide bonds. The maximum absolute atomic E-state index is 13.0. The number of unbranched alkanes of at least 4 members (excludes halogenated alkanes) is 1. The fourth-order valence-electron chi connectivity index (χ4n) is 2.78. The molecule has 1 heterocycles. The van der Waals surface area contributed by atoms with Gasteiger partial charge in [0.05, 0.1) is 17.3 Å². The van der Waals surface area contributed by atoms with E-state index < -0.39 is 17.7 Å². The van der Waals surface area contributed by atoms with Crippen LogP contribution in [0.1, 0.15) is 30.9 Å². The molecule has 1 aromatic rings. The first kappa shape index (κ1) is 16.6. The molecule has 0 bridgehead atoms. The fraction of sp³-hybridized carbons (Fsp3) is 0.353. The van der Waals surface area contributed by atoms with Gasteiger partial charge >= 0.3 is 6.16 Å². The molecule has 6 heteroatoms. The molecule has 0 saturated heterocycles. The van der Waals surface area contributed by atoms with Gasteiger partial charge < -0.3 is 14.7 Å². The number of rotatable bonds is 5. The normalized spacial score (nSPS) is 19.2. The molecule has 1 atom stereocenters. The Kier molecular flexibility index (Phi) is 4.41. The zero-order valence-electron chi connectivity index (χ0n) is 13.1. The summed E-state index contributed by atoms with van der Waals surface area (Å²) in [5.74, 6) is -0.583. The lowest BCUT2D eigenvalue weighted by Gasteiger charge is -2.26. The number of benzene rings is 1. The molecule has 23 heavy (non-hydrogen) atoms. The lowest BCUT2D eigenvalue weighted by atomic mass is 9.87. The van der Waals surface area contributed by atoms with Crippen molar-refractivity contribution < 1.29 is 19.4 Å². The van der Waals surface area contributed by atoms with E-state index in [-0.39, 0.29) is 5.57 Å². The number of aryl methyl sites for hydroxylation is 1. The molecule has 0 aromatic heterocycles. The van der Waals surface area contributed by atoms with Crippen LogP contribution < -0.4 is 4.90 Å². The molecule has 1 N–H and O–H groups in total. The summed E-state index contributed by atoms with van der Waals surface area (Å²) in [6.07, 6.45) is -0.00221. The lowest BCUT2D eigenvalue weighted by molar-refractivity contribution is -0.134. The van der Waals surface area contributed by atoms with Crippen molar-refractivity contribution in [3.8, 4) is 6.07 Å². The number of hydrogen-bond acceptors (Lipinski definition) is 4. The average molecular weight is 314 g/mol. The summed E-state index contributed by atoms with van der Waals surface area (Å²) >= 11 is 0. The Morgan fingerprint density at radius 1 is 1.52 bits per heavy atom. The molecule has 1 aliphatic rings. The molecule has 6 nitrogen and oxygen atoms in total. The monoisotopic (exact) mass is 314 g/mol. The second-order valence-corrected chi connectivity index (χ2v) is 5.47. The van der Waals surface area contributed by atoms with Crippen LogP contribution >= 0.6 is 0 Å². The van der Waals surface area contributed by atoms with E-state index in [2.05, 4.69) is 6.58 Å². The molecule has 120 valence electrons. The SMILES string of the molecule is C=C(C#N)C1(OC(=O)O)C(=O)N(CCCC)c2ccc(C)cc21. The number of ether oxygens (including phenoxy) is 1. The van der Waals surface area contributed by atoms with Gasteiger partial charge in [0.2, 0.25) is 0 Å². The Balaban J connectivity index is 2.69. The minimum Gasteiger partial charge on any atom is -0.450 e. The topological polar surface area (TPSA) is 90.6 Å². The van der Waals surface area contributed by atoms with Crippen LogP contribution in [0.5, 0.6) is 0 Å². The maximum atomic E-state index is 13.0. The van der Waals surface area contributed by atoms with Gasteiger partial charge in [-0.3, -0.25) is 4.79 Å². The molecular formula is C17H18N2O4. The molecule has 1 aromatic carbocycles. The van der Waals surface area contributed by atoms with Gasteiger partial charge in [-0.25, -0.2) is 4.79 Å². The summed E-state index contributed by atoms with van der Waals surface area (Å²) in [7, 11) is 0. The van der Waals surface area contributed by atoms with Crippen LogP contribution in [0.25, 0.3) is 0 Å². The highest BCUT2D eigenvalue weighted by Crippen LogP contribution is 2.47. The fourth-order valence-corrected chi connectivity index (χ4v) is 2.78. The predicted molar refractivity (Wildman–Crippen MR) is 84.0 cm³/mol. The number of hydrogen-bond donors (Lipinski definition) is 1. The smallest absolute Gasteiger partial charge is 0.450 e. The van der Waals surface area contributed by atoms with Crippen LogP contribution in [0, 0.1) is 18.3 Å². The summed E-state index contributed by atoms with van der Waals surface area (Å²) < 4.78 is 4.96. The van der Waals surface area contributed by atoms with Crippen LogP contribution in [-0.4, -0.2) is 23.7 Å². The van der Waals surface area contributed by atoms with Crippen molar-refractivity contribution >= 4 is 17.7 Å². The molecule has 0 aliphatic carbocycles. The van der Waals surface area contributed by atoms with E-state index in [1.165, 1.54) is 4.90 Å². The number of amides is 1. The number of carboxylic acid groups (broad SMARTS) is 1. The van der Waals surface area contributed by atoms with E-state index in [9.17, 15) is 14.9 Å². The van der Waals surface area contributed by atoms with E-state index in [1.54, 1.807) is 18.2 Å². The molecule has 1 aliphatic heterocycles. The first-order valence-corrected chi connectivity index (χ1v) is 7.33. The van der Waals surface area contributed by atoms with Crippen LogP contribution in [0.3, 0.4) is 0 Å². The summed E-state index contributed by atoms with van der Waals surface area (Å²) in [6.45, 7) is 7.81. The molecule has 0 fully saturated rings. The van der Waals surface area contributed by atoms with Gasteiger partial charge in [-0.1, -0.05) is 31.6 Å². The van der Waals surface area contributed by atoms with Crippen molar-refractivity contribution in [1.29, 1.82) is 5.26 Å². The van der Waals surface area contributed by atoms with Crippen molar-refractivity contribution in [1.82, 2.24) is 0 Å². The van der Waals surface area contributed by atoms with Crippen LogP contribution in [0.15, 0.2) is 30.4 Å². The maximum Gasteiger partial charge on any atom is 0.507 e. The third-order valence-corrected chi connectivity index (χ3v) is 3.90. The van der Waals surface area contributed by atoms with Gasteiger partial charge in [0, 0.05) is 12.1 Å². The first-order valence-electron chi connectivity index (χ1n) is 7.33. The highest BCUT2D eigenvalue weighted by atomic mass is 16.7. The first-order chi connectivity index (χ1) is 10.9. The third kappa shape index (κ3) is 2.55. The number of anilines is 1. The van der Waals surface area contributed by atoms with Gasteiger partial charge in [-0.2, -0.15) is 5.26 Å². The largest absolute Gasteiger partial charge is 0.507 e. The minimum absolute atomic E-state index is 0.240. The Labute approximate surface area is 134 Å². The Hall–Kier alpha value is -2.81. The number of carbonyl (C=O) groups is 2. The summed E-state index contributed by atoms with van der Waals surface area (Å²) in [5.41, 5.74) is -0.483. The Bertz CT molecular complexity index is 720. The van der Waals surface area contributed by atoms with Crippen molar-refractivity contribution in [2.45, 2.75) is 32.3 Å². The van der Waals surface area contributed by atoms with E-state index in [0.29, 0.717) is 17.8 Å². The highest BCUT2D eigenvalue weighted by Gasteiger charge is 2.56. The summed E-state index contributed by atoms with van der Waals surface area (Å²) in [4.78, 5) is 25.6. The van der Waals surface area contributed by atoms with E-state index >= 15 is 0 Å². The van der Waals surface area contributed by atoms with E-state index in [1.807, 2.05) is 19.9 Å². The van der Waals surface area contributed by atoms with Crippen molar-refractivity contribution in [3.05, 3.63) is 41.5 Å². The lowest BCUT2D eigenvalue weighted by Crippen LogP contribution is -2.44. The molecule has 2 rings (SSSR count). The van der Waals surface area contributed by atoms with E-state index in [0.717, 1.165) is 18.4 Å². The number of fused-ring (bicyclic) bond motifs is 1. The summed E-state index contributed by atoms with van der Waals surface area (Å²) in [6, 6.07) is 7.04. The second-order valence-electron chi connectivity index (χ2n) is 5.47. The Morgan fingerprint density at radius 3 is 2.78 bits per heavy atom. The van der Waals surface area contributed by atoms with Gasteiger partial charge in [0.1, 0.15) is 0 Å². The van der Waals surface area contributed by atoms with E-state index in [4.69, 9.17) is 9.84 Å². The number of carbonyl (C=O) groups excluding carboxylic acids is 1. The van der Waals surface area contributed by atoms with Crippen LogP contribution in [0.4, 0.5) is 10.5 Å². The van der Waals surface area contributed by atoms with Gasteiger partial charge in [-0.15, -0.1) is 0 Å². The van der Waals surface area contributed by atoms with Crippen LogP contribution in [-0.2, 0) is 15.1 Å². The van der Waals surface area contributed by atoms with Gasteiger partial charge in [0.25, 0.3) is 11.5 Å². The third-order valence-electron chi connectivity index (χ3n) is 3.90. The zero-order valence-corrected chi connectivity index (χ0v) is 13.1.